The minimum absolute atomic E-state index is 0.111. The van der Waals surface area contributed by atoms with Gasteiger partial charge in [0.25, 0.3) is 0 Å². The Hall–Kier alpha value is -2.21. The molecule has 0 amide bonds. The van der Waals surface area contributed by atoms with E-state index in [1.165, 1.54) is 14.2 Å². The van der Waals surface area contributed by atoms with Gasteiger partial charge in [-0.25, -0.2) is 0 Å². The predicted octanol–water partition coefficient (Wildman–Crippen LogP) is 2.46. The highest BCUT2D eigenvalue weighted by Gasteiger charge is 2.09. The number of hydrogen-bond donors (Lipinski definition) is 2. The molecule has 7 heteroatoms. The standard InChI is InChI=1S/C13H14ClN3O3/c1-19-11-6-12(20-2)17-13(16-11)15-7-8-9(14)4-3-5-10(8)18/h3-6,18H,7H2,1-2H3,(H,15,16,17). The van der Waals surface area contributed by atoms with Gasteiger partial charge in [-0.3, -0.25) is 0 Å². The van der Waals surface area contributed by atoms with Crippen LogP contribution in [0.3, 0.4) is 0 Å². The van der Waals surface area contributed by atoms with Crippen LogP contribution in [-0.4, -0.2) is 29.3 Å². The minimum Gasteiger partial charge on any atom is -0.508 e. The lowest BCUT2D eigenvalue weighted by Crippen LogP contribution is -2.06. The molecular weight excluding hydrogens is 282 g/mol. The second kappa shape index (κ2) is 6.29. The highest BCUT2D eigenvalue weighted by Crippen LogP contribution is 2.26. The smallest absolute Gasteiger partial charge is 0.229 e. The average Bonchev–Trinajstić information content (AvgIpc) is 2.46. The van der Waals surface area contributed by atoms with Gasteiger partial charge in [-0.1, -0.05) is 17.7 Å². The van der Waals surface area contributed by atoms with Gasteiger partial charge in [0.1, 0.15) is 5.75 Å². The first-order valence-electron chi connectivity index (χ1n) is 5.81. The van der Waals surface area contributed by atoms with E-state index in [9.17, 15) is 5.11 Å². The zero-order valence-electron chi connectivity index (χ0n) is 11.1. The fourth-order valence-corrected chi connectivity index (χ4v) is 1.82. The van der Waals surface area contributed by atoms with Gasteiger partial charge in [-0.05, 0) is 12.1 Å². The Bertz CT molecular complexity index is 565. The number of methoxy groups -OCH3 is 2. The fraction of sp³-hybridized carbons (Fsp3) is 0.231. The summed E-state index contributed by atoms with van der Waals surface area (Å²) in [6.07, 6.45) is 0. The maximum Gasteiger partial charge on any atom is 0.229 e. The zero-order valence-corrected chi connectivity index (χ0v) is 11.8. The fourth-order valence-electron chi connectivity index (χ4n) is 1.58. The summed E-state index contributed by atoms with van der Waals surface area (Å²) in [7, 11) is 3.01. The van der Waals surface area contributed by atoms with Gasteiger partial charge < -0.3 is 19.9 Å². The highest BCUT2D eigenvalue weighted by molar-refractivity contribution is 6.31. The molecule has 1 heterocycles. The monoisotopic (exact) mass is 295 g/mol. The van der Waals surface area contributed by atoms with E-state index in [1.807, 2.05) is 0 Å². The van der Waals surface area contributed by atoms with E-state index in [2.05, 4.69) is 15.3 Å². The van der Waals surface area contributed by atoms with Crippen LogP contribution in [0.2, 0.25) is 5.02 Å². The van der Waals surface area contributed by atoms with Gasteiger partial charge in [-0.15, -0.1) is 0 Å². The molecule has 0 aliphatic carbocycles. The van der Waals surface area contributed by atoms with Crippen LogP contribution >= 0.6 is 11.6 Å². The Morgan fingerprint density at radius 1 is 1.20 bits per heavy atom. The number of phenolic OH excluding ortho intramolecular Hbond substituents is 1. The van der Waals surface area contributed by atoms with Gasteiger partial charge in [0.2, 0.25) is 17.7 Å². The van der Waals surface area contributed by atoms with E-state index in [0.717, 1.165) is 0 Å². The van der Waals surface area contributed by atoms with Crippen molar-refractivity contribution in [2.45, 2.75) is 6.54 Å². The summed E-state index contributed by atoms with van der Waals surface area (Å²) in [5, 5.41) is 13.2. The predicted molar refractivity (Wildman–Crippen MR) is 75.6 cm³/mol. The molecule has 0 aliphatic rings. The quantitative estimate of drug-likeness (QED) is 0.882. The van der Waals surface area contributed by atoms with Gasteiger partial charge in [0, 0.05) is 17.1 Å². The summed E-state index contributed by atoms with van der Waals surface area (Å²) in [5.41, 5.74) is 0.569. The van der Waals surface area contributed by atoms with Crippen LogP contribution in [0.15, 0.2) is 24.3 Å². The molecule has 0 atom stereocenters. The van der Waals surface area contributed by atoms with Crippen molar-refractivity contribution in [1.29, 1.82) is 0 Å². The molecule has 106 valence electrons. The van der Waals surface area contributed by atoms with Crippen LogP contribution in [-0.2, 0) is 6.54 Å². The molecule has 0 aliphatic heterocycles. The van der Waals surface area contributed by atoms with Crippen molar-refractivity contribution in [3.05, 3.63) is 34.9 Å². The number of hydrogen-bond acceptors (Lipinski definition) is 6. The van der Waals surface area contributed by atoms with Crippen LogP contribution in [0.25, 0.3) is 0 Å². The Morgan fingerprint density at radius 2 is 1.85 bits per heavy atom. The van der Waals surface area contributed by atoms with E-state index in [0.29, 0.717) is 28.3 Å². The minimum atomic E-state index is 0.111. The summed E-state index contributed by atoms with van der Waals surface area (Å²) < 4.78 is 10.1. The largest absolute Gasteiger partial charge is 0.508 e. The first kappa shape index (κ1) is 14.2. The van der Waals surface area contributed by atoms with E-state index < -0.39 is 0 Å². The second-order valence-corrected chi connectivity index (χ2v) is 4.27. The number of halogens is 1. The molecule has 0 saturated carbocycles. The summed E-state index contributed by atoms with van der Waals surface area (Å²) >= 11 is 6.02. The molecule has 1 aromatic carbocycles. The normalized spacial score (nSPS) is 10.2. The first-order chi connectivity index (χ1) is 9.63. The number of aromatic nitrogens is 2. The molecule has 0 unspecified atom stereocenters. The van der Waals surface area contributed by atoms with Crippen LogP contribution < -0.4 is 14.8 Å². The summed E-state index contributed by atoms with van der Waals surface area (Å²) in [6, 6.07) is 6.51. The van der Waals surface area contributed by atoms with Gasteiger partial charge in [-0.2, -0.15) is 9.97 Å². The van der Waals surface area contributed by atoms with Crippen molar-refractivity contribution in [3.8, 4) is 17.5 Å². The number of rotatable bonds is 5. The third kappa shape index (κ3) is 3.21. The van der Waals surface area contributed by atoms with Crippen molar-refractivity contribution in [3.63, 3.8) is 0 Å². The van der Waals surface area contributed by atoms with E-state index in [4.69, 9.17) is 21.1 Å². The van der Waals surface area contributed by atoms with Crippen molar-refractivity contribution in [2.24, 2.45) is 0 Å². The molecule has 2 N–H and O–H groups in total. The third-order valence-electron chi connectivity index (χ3n) is 2.61. The molecule has 0 saturated heterocycles. The molecule has 20 heavy (non-hydrogen) atoms. The number of nitrogens with zero attached hydrogens (tertiary/aromatic N) is 2. The van der Waals surface area contributed by atoms with Gasteiger partial charge in [0.15, 0.2) is 0 Å². The Balaban J connectivity index is 2.18. The maximum atomic E-state index is 9.76. The van der Waals surface area contributed by atoms with Crippen molar-refractivity contribution < 1.29 is 14.6 Å². The number of ether oxygens (including phenoxy) is 2. The topological polar surface area (TPSA) is 76.5 Å². The Kier molecular flexibility index (Phi) is 4.47. The Morgan fingerprint density at radius 3 is 2.40 bits per heavy atom. The van der Waals surface area contributed by atoms with Crippen LogP contribution in [0.4, 0.5) is 5.95 Å². The third-order valence-corrected chi connectivity index (χ3v) is 2.97. The van der Waals surface area contributed by atoms with Crippen LogP contribution in [0.1, 0.15) is 5.56 Å². The van der Waals surface area contributed by atoms with Gasteiger partial charge >= 0.3 is 0 Å². The highest BCUT2D eigenvalue weighted by atomic mass is 35.5. The van der Waals surface area contributed by atoms with Crippen molar-refractivity contribution >= 4 is 17.5 Å². The second-order valence-electron chi connectivity index (χ2n) is 3.87. The molecule has 0 spiro atoms. The summed E-state index contributed by atoms with van der Waals surface area (Å²) in [6.45, 7) is 0.280. The lowest BCUT2D eigenvalue weighted by Gasteiger charge is -2.10. The molecule has 6 nitrogen and oxygen atoms in total. The van der Waals surface area contributed by atoms with Crippen LogP contribution in [0.5, 0.6) is 17.5 Å². The number of anilines is 1. The van der Waals surface area contributed by atoms with Crippen LogP contribution in [0, 0.1) is 0 Å². The average molecular weight is 296 g/mol. The molecule has 0 bridgehead atoms. The number of phenols is 1. The first-order valence-corrected chi connectivity index (χ1v) is 6.19. The molecule has 2 rings (SSSR count). The SMILES string of the molecule is COc1cc(OC)nc(NCc2c(O)cccc2Cl)n1. The molecule has 1 aromatic heterocycles. The summed E-state index contributed by atoms with van der Waals surface area (Å²) in [4.78, 5) is 8.25. The number of aromatic hydroxyl groups is 1. The van der Waals surface area contributed by atoms with Crippen molar-refractivity contribution in [1.82, 2.24) is 9.97 Å². The summed E-state index contributed by atoms with van der Waals surface area (Å²) in [5.74, 6) is 1.19. The molecule has 2 aromatic rings. The molecule has 0 fully saturated rings. The zero-order chi connectivity index (χ0) is 14.5. The van der Waals surface area contributed by atoms with E-state index in [1.54, 1.807) is 24.3 Å². The van der Waals surface area contributed by atoms with Gasteiger partial charge in [0.05, 0.1) is 20.3 Å². The lowest BCUT2D eigenvalue weighted by molar-refractivity contribution is 0.373. The number of nitrogens with one attached hydrogen (secondary N) is 1. The van der Waals surface area contributed by atoms with E-state index >= 15 is 0 Å². The van der Waals surface area contributed by atoms with E-state index in [-0.39, 0.29) is 12.3 Å². The maximum absolute atomic E-state index is 9.76. The lowest BCUT2D eigenvalue weighted by atomic mass is 10.2. The molecule has 0 radical (unpaired) electrons. The Labute approximate surface area is 121 Å². The molecular formula is C13H14ClN3O3. The van der Waals surface area contributed by atoms with Crippen molar-refractivity contribution in [2.75, 3.05) is 19.5 Å². The number of benzene rings is 1.